The molecule has 0 aliphatic heterocycles. The second-order valence-corrected chi connectivity index (χ2v) is 2.52. The zero-order valence-corrected chi connectivity index (χ0v) is 7.44. The van der Waals surface area contributed by atoms with Gasteiger partial charge in [-0.05, 0) is 6.92 Å². The summed E-state index contributed by atoms with van der Waals surface area (Å²) in [4.78, 5) is 25.8. The van der Waals surface area contributed by atoms with Gasteiger partial charge in [-0.1, -0.05) is 5.16 Å². The number of carbonyl (C=O) groups excluding carboxylic acids is 2. The third-order valence-corrected chi connectivity index (χ3v) is 1.23. The minimum Gasteiger partial charge on any atom is -0.368 e. The van der Waals surface area contributed by atoms with E-state index in [4.69, 9.17) is 5.73 Å². The van der Waals surface area contributed by atoms with Gasteiger partial charge < -0.3 is 10.3 Å². The van der Waals surface area contributed by atoms with Crippen molar-refractivity contribution in [3.63, 3.8) is 0 Å². The third-order valence-electron chi connectivity index (χ3n) is 1.23. The Kier molecular flexibility index (Phi) is 3.19. The molecule has 1 heterocycles. The van der Waals surface area contributed by atoms with E-state index in [0.717, 1.165) is 0 Å². The number of aromatic nitrogens is 1. The van der Waals surface area contributed by atoms with Crippen LogP contribution in [-0.4, -0.2) is 23.6 Å². The molecule has 76 valence electrons. The number of nitrogens with two attached hydrogens (primary N) is 1. The van der Waals surface area contributed by atoms with Crippen molar-refractivity contribution >= 4 is 11.8 Å². The third kappa shape index (κ3) is 2.87. The molecule has 0 radical (unpaired) electrons. The lowest BCUT2D eigenvalue weighted by Gasteiger charge is -1.99. The Morgan fingerprint density at radius 2 is 2.43 bits per heavy atom. The minimum absolute atomic E-state index is 0.00645. The first-order valence-corrected chi connectivity index (χ1v) is 3.73. The van der Waals surface area contributed by atoms with E-state index >= 15 is 0 Å². The molecule has 0 fully saturated rings. The van der Waals surface area contributed by atoms with Crippen LogP contribution < -0.4 is 11.2 Å². The van der Waals surface area contributed by atoms with Crippen LogP contribution in [0.1, 0.15) is 16.2 Å². The summed E-state index contributed by atoms with van der Waals surface area (Å²) in [6.07, 6.45) is 0. The van der Waals surface area contributed by atoms with Crippen LogP contribution in [-0.2, 0) is 9.63 Å². The lowest BCUT2D eigenvalue weighted by Crippen LogP contribution is -2.29. The van der Waals surface area contributed by atoms with E-state index in [1.807, 2.05) is 5.48 Å². The topological polar surface area (TPSA) is 107 Å². The summed E-state index contributed by atoms with van der Waals surface area (Å²) in [5.41, 5.74) is 7.31. The summed E-state index contributed by atoms with van der Waals surface area (Å²) < 4.78 is 4.63. The van der Waals surface area contributed by atoms with Crippen molar-refractivity contribution in [2.75, 3.05) is 6.61 Å². The van der Waals surface area contributed by atoms with Gasteiger partial charge in [-0.2, -0.15) is 0 Å². The Hall–Kier alpha value is -1.89. The summed E-state index contributed by atoms with van der Waals surface area (Å²) >= 11 is 0. The van der Waals surface area contributed by atoms with Crippen LogP contribution in [0, 0.1) is 6.92 Å². The average molecular weight is 199 g/mol. The van der Waals surface area contributed by atoms with Crippen LogP contribution in [0.2, 0.25) is 0 Å². The predicted octanol–water partition coefficient (Wildman–Crippen LogP) is -0.870. The maximum Gasteiger partial charge on any atom is 0.313 e. The van der Waals surface area contributed by atoms with Gasteiger partial charge in [-0.3, -0.25) is 14.4 Å². The van der Waals surface area contributed by atoms with Crippen molar-refractivity contribution in [2.24, 2.45) is 5.73 Å². The fraction of sp³-hybridized carbons (Fsp3) is 0.286. The van der Waals surface area contributed by atoms with E-state index in [1.165, 1.54) is 6.07 Å². The van der Waals surface area contributed by atoms with Crippen LogP contribution in [0.3, 0.4) is 0 Å². The highest BCUT2D eigenvalue weighted by molar-refractivity contribution is 5.90. The molecule has 0 spiro atoms. The van der Waals surface area contributed by atoms with Gasteiger partial charge in [-0.25, -0.2) is 5.48 Å². The number of nitrogens with one attached hydrogen (secondary N) is 1. The van der Waals surface area contributed by atoms with Crippen LogP contribution in [0.25, 0.3) is 0 Å². The second kappa shape index (κ2) is 4.38. The number of primary amides is 1. The molecule has 0 aliphatic rings. The fourth-order valence-corrected chi connectivity index (χ4v) is 0.694. The Morgan fingerprint density at radius 1 is 1.71 bits per heavy atom. The van der Waals surface area contributed by atoms with Crippen LogP contribution >= 0.6 is 0 Å². The number of carbonyl (C=O) groups is 2. The van der Waals surface area contributed by atoms with Gasteiger partial charge in [0, 0.05) is 6.07 Å². The molecule has 0 bridgehead atoms. The summed E-state index contributed by atoms with van der Waals surface area (Å²) in [6.45, 7) is 1.28. The zero-order chi connectivity index (χ0) is 10.6. The molecular formula is C7H9N3O4. The first-order chi connectivity index (χ1) is 6.59. The molecule has 1 rings (SSSR count). The summed E-state index contributed by atoms with van der Waals surface area (Å²) in [7, 11) is 0. The highest BCUT2D eigenvalue weighted by Gasteiger charge is 2.11. The maximum absolute atomic E-state index is 11.1. The van der Waals surface area contributed by atoms with Gasteiger partial charge in [-0.15, -0.1) is 0 Å². The largest absolute Gasteiger partial charge is 0.368 e. The minimum atomic E-state index is -0.681. The number of hydroxylamine groups is 1. The van der Waals surface area contributed by atoms with E-state index in [-0.39, 0.29) is 5.76 Å². The lowest BCUT2D eigenvalue weighted by molar-refractivity contribution is -0.124. The Bertz CT molecular complexity index is 346. The molecule has 0 saturated carbocycles. The van der Waals surface area contributed by atoms with E-state index < -0.39 is 18.4 Å². The van der Waals surface area contributed by atoms with Crippen molar-refractivity contribution in [2.45, 2.75) is 6.92 Å². The van der Waals surface area contributed by atoms with E-state index in [2.05, 4.69) is 14.5 Å². The van der Waals surface area contributed by atoms with E-state index in [9.17, 15) is 9.59 Å². The zero-order valence-electron chi connectivity index (χ0n) is 7.44. The highest BCUT2D eigenvalue weighted by atomic mass is 16.7. The SMILES string of the molecule is Cc1cc(C(=O)NOCC(N)=O)on1. The smallest absolute Gasteiger partial charge is 0.313 e. The normalized spacial score (nSPS) is 9.79. The number of hydrogen-bond donors (Lipinski definition) is 2. The number of rotatable bonds is 4. The summed E-state index contributed by atoms with van der Waals surface area (Å²) in [5, 5.41) is 3.50. The molecule has 14 heavy (non-hydrogen) atoms. The second-order valence-electron chi connectivity index (χ2n) is 2.52. The van der Waals surface area contributed by atoms with Gasteiger partial charge in [0.15, 0.2) is 6.61 Å². The molecule has 0 aliphatic carbocycles. The molecule has 3 N–H and O–H groups in total. The number of amides is 2. The molecule has 0 unspecified atom stereocenters. The van der Waals surface area contributed by atoms with Gasteiger partial charge in [0.05, 0.1) is 5.69 Å². The van der Waals surface area contributed by atoms with Gasteiger partial charge in [0.25, 0.3) is 0 Å². The van der Waals surface area contributed by atoms with Crippen molar-refractivity contribution in [3.05, 3.63) is 17.5 Å². The molecule has 7 heteroatoms. The van der Waals surface area contributed by atoms with Crippen LogP contribution in [0.4, 0.5) is 0 Å². The quantitative estimate of drug-likeness (QED) is 0.613. The Labute approximate surface area is 79.1 Å². The predicted molar refractivity (Wildman–Crippen MR) is 43.9 cm³/mol. The standard InChI is InChI=1S/C7H9N3O4/c1-4-2-5(14-9-4)7(12)10-13-3-6(8)11/h2H,3H2,1H3,(H2,8,11)(H,10,12). The molecular weight excluding hydrogens is 190 g/mol. The van der Waals surface area contributed by atoms with Crippen LogP contribution in [0.5, 0.6) is 0 Å². The van der Waals surface area contributed by atoms with Gasteiger partial charge >= 0.3 is 5.91 Å². The van der Waals surface area contributed by atoms with Gasteiger partial charge in [0.1, 0.15) is 0 Å². The summed E-state index contributed by atoms with van der Waals surface area (Å²) in [6, 6.07) is 1.43. The Balaban J connectivity index is 2.39. The van der Waals surface area contributed by atoms with Crippen molar-refractivity contribution in [3.8, 4) is 0 Å². The first kappa shape index (κ1) is 10.2. The molecule has 1 aromatic rings. The number of nitrogens with zero attached hydrogens (tertiary/aromatic N) is 1. The van der Waals surface area contributed by atoms with E-state index in [1.54, 1.807) is 6.92 Å². The number of hydrogen-bond acceptors (Lipinski definition) is 5. The van der Waals surface area contributed by atoms with E-state index in [0.29, 0.717) is 5.69 Å². The molecule has 1 aromatic heterocycles. The fourth-order valence-electron chi connectivity index (χ4n) is 0.694. The molecule has 0 saturated heterocycles. The van der Waals surface area contributed by atoms with Crippen molar-refractivity contribution in [1.29, 1.82) is 0 Å². The lowest BCUT2D eigenvalue weighted by atomic mass is 10.4. The molecule has 0 atom stereocenters. The monoisotopic (exact) mass is 199 g/mol. The summed E-state index contributed by atoms with van der Waals surface area (Å²) in [5.74, 6) is -1.29. The molecule has 7 nitrogen and oxygen atoms in total. The molecule has 0 aromatic carbocycles. The van der Waals surface area contributed by atoms with Gasteiger partial charge in [0.2, 0.25) is 11.7 Å². The number of aryl methyl sites for hydroxylation is 1. The average Bonchev–Trinajstić information content (AvgIpc) is 2.51. The highest BCUT2D eigenvalue weighted by Crippen LogP contribution is 2.00. The maximum atomic E-state index is 11.1. The first-order valence-electron chi connectivity index (χ1n) is 3.73. The molecule has 2 amide bonds. The van der Waals surface area contributed by atoms with Crippen molar-refractivity contribution in [1.82, 2.24) is 10.6 Å². The van der Waals surface area contributed by atoms with Crippen molar-refractivity contribution < 1.29 is 18.9 Å². The Morgan fingerprint density at radius 3 is 2.93 bits per heavy atom. The van der Waals surface area contributed by atoms with Crippen LogP contribution in [0.15, 0.2) is 10.6 Å².